The van der Waals surface area contributed by atoms with Gasteiger partial charge in [0.15, 0.2) is 0 Å². The van der Waals surface area contributed by atoms with E-state index in [4.69, 9.17) is 9.72 Å². The fourth-order valence-corrected chi connectivity index (χ4v) is 4.84. The van der Waals surface area contributed by atoms with Gasteiger partial charge in [0.25, 0.3) is 0 Å². The minimum atomic E-state index is -0.226. The van der Waals surface area contributed by atoms with E-state index in [1.54, 1.807) is 4.90 Å². The second-order valence-electron chi connectivity index (χ2n) is 8.76. The van der Waals surface area contributed by atoms with Gasteiger partial charge in [0, 0.05) is 44.3 Å². The van der Waals surface area contributed by atoms with Crippen molar-refractivity contribution in [1.29, 1.82) is 0 Å². The van der Waals surface area contributed by atoms with E-state index in [-0.39, 0.29) is 17.9 Å². The van der Waals surface area contributed by atoms with Gasteiger partial charge in [-0.3, -0.25) is 9.69 Å². The number of ether oxygens (including phenoxy) is 1. The molecule has 0 unspecified atom stereocenters. The highest BCUT2D eigenvalue weighted by Crippen LogP contribution is 2.26. The van der Waals surface area contributed by atoms with E-state index in [0.29, 0.717) is 19.7 Å². The molecule has 2 heterocycles. The molecular weight excluding hydrogens is 406 g/mol. The van der Waals surface area contributed by atoms with Crippen molar-refractivity contribution in [2.24, 2.45) is 5.92 Å². The molecule has 174 valence electrons. The van der Waals surface area contributed by atoms with Crippen molar-refractivity contribution in [2.45, 2.75) is 59.0 Å². The van der Waals surface area contributed by atoms with Crippen LogP contribution < -0.4 is 5.32 Å². The Bertz CT molecular complexity index is 943. The molecule has 1 aromatic heterocycles. The van der Waals surface area contributed by atoms with Crippen LogP contribution in [0.2, 0.25) is 0 Å². The Kier molecular flexibility index (Phi) is 7.29. The number of carbonyl (C=O) groups is 2. The first-order valence-corrected chi connectivity index (χ1v) is 12.0. The molecule has 1 N–H and O–H groups in total. The summed E-state index contributed by atoms with van der Waals surface area (Å²) in [5.41, 5.74) is 2.82. The Hall–Kier alpha value is -2.61. The van der Waals surface area contributed by atoms with Gasteiger partial charge < -0.3 is 19.5 Å². The molecule has 1 saturated heterocycles. The highest BCUT2D eigenvalue weighted by molar-refractivity contribution is 5.94. The number of hydrogen-bond donors (Lipinski definition) is 1. The maximum Gasteiger partial charge on any atom is 0.409 e. The predicted molar refractivity (Wildman–Crippen MR) is 124 cm³/mol. The summed E-state index contributed by atoms with van der Waals surface area (Å²) in [5.74, 6) is 1.29. The lowest BCUT2D eigenvalue weighted by Crippen LogP contribution is -2.48. The molecule has 4 rings (SSSR count). The second-order valence-corrected chi connectivity index (χ2v) is 8.76. The van der Waals surface area contributed by atoms with Crippen molar-refractivity contribution in [1.82, 2.24) is 19.4 Å². The third kappa shape index (κ3) is 5.06. The SMILES string of the molecule is CCOC(=O)N1CCN(Cc2nc3cc(NC(=O)C4CCCCC4)ccc3n2CC)CC1. The minimum absolute atomic E-state index is 0.136. The van der Waals surface area contributed by atoms with Crippen LogP contribution in [0.1, 0.15) is 51.8 Å². The zero-order valence-electron chi connectivity index (χ0n) is 19.3. The molecule has 32 heavy (non-hydrogen) atoms. The maximum absolute atomic E-state index is 12.6. The third-order valence-electron chi connectivity index (χ3n) is 6.65. The fraction of sp³-hybridized carbons (Fsp3) is 0.625. The predicted octanol–water partition coefficient (Wildman–Crippen LogP) is 3.85. The highest BCUT2D eigenvalue weighted by atomic mass is 16.6. The van der Waals surface area contributed by atoms with Crippen LogP contribution in [-0.2, 0) is 22.6 Å². The van der Waals surface area contributed by atoms with E-state index < -0.39 is 0 Å². The number of rotatable bonds is 6. The van der Waals surface area contributed by atoms with Crippen LogP contribution >= 0.6 is 0 Å². The summed E-state index contributed by atoms with van der Waals surface area (Å²) in [5, 5.41) is 3.11. The molecular formula is C24H35N5O3. The molecule has 1 aliphatic heterocycles. The number of hydrogen-bond acceptors (Lipinski definition) is 5. The van der Waals surface area contributed by atoms with Gasteiger partial charge in [0.1, 0.15) is 5.82 Å². The second kappa shape index (κ2) is 10.3. The standard InChI is InChI=1S/C24H35N5O3/c1-3-29-21-11-10-19(25-23(30)18-8-6-5-7-9-18)16-20(21)26-22(29)17-27-12-14-28(15-13-27)24(31)32-4-2/h10-11,16,18H,3-9,12-15,17H2,1-2H3,(H,25,30). The molecule has 0 bridgehead atoms. The topological polar surface area (TPSA) is 79.7 Å². The first-order chi connectivity index (χ1) is 15.6. The first-order valence-electron chi connectivity index (χ1n) is 12.0. The first kappa shape index (κ1) is 22.6. The summed E-state index contributed by atoms with van der Waals surface area (Å²) in [6, 6.07) is 6.04. The van der Waals surface area contributed by atoms with Crippen molar-refractivity contribution in [3.63, 3.8) is 0 Å². The summed E-state index contributed by atoms with van der Waals surface area (Å²) >= 11 is 0. The third-order valence-corrected chi connectivity index (χ3v) is 6.65. The summed E-state index contributed by atoms with van der Waals surface area (Å²) in [4.78, 5) is 33.6. The minimum Gasteiger partial charge on any atom is -0.450 e. The van der Waals surface area contributed by atoms with E-state index in [9.17, 15) is 9.59 Å². The number of aryl methyl sites for hydroxylation is 1. The van der Waals surface area contributed by atoms with Crippen LogP contribution in [0.5, 0.6) is 0 Å². The van der Waals surface area contributed by atoms with E-state index in [2.05, 4.69) is 27.8 Å². The van der Waals surface area contributed by atoms with Gasteiger partial charge in [0.05, 0.1) is 24.2 Å². The van der Waals surface area contributed by atoms with Crippen molar-refractivity contribution in [3.05, 3.63) is 24.0 Å². The molecule has 2 fully saturated rings. The summed E-state index contributed by atoms with van der Waals surface area (Å²) < 4.78 is 7.35. The Balaban J connectivity index is 1.42. The Morgan fingerprint density at radius 3 is 2.53 bits per heavy atom. The van der Waals surface area contributed by atoms with Crippen LogP contribution in [-0.4, -0.2) is 64.1 Å². The number of nitrogens with one attached hydrogen (secondary N) is 1. The molecule has 0 radical (unpaired) electrons. The number of amides is 2. The monoisotopic (exact) mass is 441 g/mol. The lowest BCUT2D eigenvalue weighted by molar-refractivity contribution is -0.120. The summed E-state index contributed by atoms with van der Waals surface area (Å²) in [6.07, 6.45) is 5.30. The van der Waals surface area contributed by atoms with Gasteiger partial charge in [-0.25, -0.2) is 9.78 Å². The highest BCUT2D eigenvalue weighted by Gasteiger charge is 2.24. The van der Waals surface area contributed by atoms with Gasteiger partial charge in [-0.05, 0) is 44.9 Å². The average molecular weight is 442 g/mol. The van der Waals surface area contributed by atoms with Crippen molar-refractivity contribution < 1.29 is 14.3 Å². The summed E-state index contributed by atoms with van der Waals surface area (Å²) in [6.45, 7) is 8.88. The Labute approximate surface area is 189 Å². The van der Waals surface area contributed by atoms with Crippen molar-refractivity contribution >= 4 is 28.7 Å². The number of anilines is 1. The molecule has 8 nitrogen and oxygen atoms in total. The van der Waals surface area contributed by atoms with Gasteiger partial charge in [-0.15, -0.1) is 0 Å². The van der Waals surface area contributed by atoms with E-state index >= 15 is 0 Å². The Morgan fingerprint density at radius 2 is 1.84 bits per heavy atom. The zero-order valence-corrected chi connectivity index (χ0v) is 19.3. The molecule has 8 heteroatoms. The van der Waals surface area contributed by atoms with Crippen LogP contribution in [0.15, 0.2) is 18.2 Å². The van der Waals surface area contributed by atoms with Crippen LogP contribution in [0.25, 0.3) is 11.0 Å². The van der Waals surface area contributed by atoms with Gasteiger partial charge in [-0.1, -0.05) is 19.3 Å². The fourth-order valence-electron chi connectivity index (χ4n) is 4.84. The smallest absolute Gasteiger partial charge is 0.409 e. The lowest BCUT2D eigenvalue weighted by Gasteiger charge is -2.33. The number of imidazole rings is 1. The molecule has 1 aliphatic carbocycles. The largest absolute Gasteiger partial charge is 0.450 e. The van der Waals surface area contributed by atoms with Crippen molar-refractivity contribution in [3.8, 4) is 0 Å². The van der Waals surface area contributed by atoms with E-state index in [0.717, 1.165) is 74.4 Å². The zero-order chi connectivity index (χ0) is 22.5. The van der Waals surface area contributed by atoms with Crippen molar-refractivity contribution in [2.75, 3.05) is 38.1 Å². The molecule has 0 atom stereocenters. The molecule has 2 aromatic rings. The molecule has 2 amide bonds. The number of nitrogens with zero attached hydrogens (tertiary/aromatic N) is 4. The number of benzene rings is 1. The van der Waals surface area contributed by atoms with Crippen LogP contribution in [0.3, 0.4) is 0 Å². The van der Waals surface area contributed by atoms with Gasteiger partial charge in [0.2, 0.25) is 5.91 Å². The lowest BCUT2D eigenvalue weighted by atomic mass is 9.88. The average Bonchev–Trinajstić information content (AvgIpc) is 3.16. The molecule has 2 aliphatic rings. The summed E-state index contributed by atoms with van der Waals surface area (Å²) in [7, 11) is 0. The maximum atomic E-state index is 12.6. The van der Waals surface area contributed by atoms with Crippen LogP contribution in [0.4, 0.5) is 10.5 Å². The number of piperazine rings is 1. The van der Waals surface area contributed by atoms with Gasteiger partial charge >= 0.3 is 6.09 Å². The molecule has 0 spiro atoms. The number of aromatic nitrogens is 2. The number of fused-ring (bicyclic) bond motifs is 1. The van der Waals surface area contributed by atoms with E-state index in [1.807, 2.05) is 19.1 Å². The normalized spacial score (nSPS) is 18.1. The molecule has 1 saturated carbocycles. The Morgan fingerprint density at radius 1 is 1.09 bits per heavy atom. The number of carbonyl (C=O) groups excluding carboxylic acids is 2. The quantitative estimate of drug-likeness (QED) is 0.737. The molecule has 1 aromatic carbocycles. The van der Waals surface area contributed by atoms with Crippen LogP contribution in [0, 0.1) is 5.92 Å². The van der Waals surface area contributed by atoms with E-state index in [1.165, 1.54) is 6.42 Å². The van der Waals surface area contributed by atoms with Gasteiger partial charge in [-0.2, -0.15) is 0 Å².